The van der Waals surface area contributed by atoms with Gasteiger partial charge in [-0.2, -0.15) is 0 Å². The Morgan fingerprint density at radius 1 is 1.36 bits per heavy atom. The normalized spacial score (nSPS) is 18.6. The van der Waals surface area contributed by atoms with Crippen molar-refractivity contribution in [3.8, 4) is 0 Å². The third-order valence-electron chi connectivity index (χ3n) is 3.27. The summed E-state index contributed by atoms with van der Waals surface area (Å²) in [6, 6.07) is 0. The van der Waals surface area contributed by atoms with Crippen LogP contribution in [-0.2, 0) is 0 Å². The highest BCUT2D eigenvalue weighted by Crippen LogP contribution is 2.29. The zero-order valence-electron chi connectivity index (χ0n) is 9.92. The topological polar surface area (TPSA) is 23.5 Å². The minimum Gasteiger partial charge on any atom is -0.396 e. The van der Waals surface area contributed by atoms with Crippen molar-refractivity contribution >= 4 is 0 Å². The van der Waals surface area contributed by atoms with Crippen LogP contribution in [0.4, 0.5) is 0 Å². The summed E-state index contributed by atoms with van der Waals surface area (Å²) in [5.74, 6) is 0.995. The fraction of sp³-hybridized carbons (Fsp3) is 1.00. The van der Waals surface area contributed by atoms with E-state index in [1.807, 2.05) is 0 Å². The molecule has 0 aromatic carbocycles. The summed E-state index contributed by atoms with van der Waals surface area (Å²) in [6.07, 6.45) is 5.67. The molecule has 1 saturated carbocycles. The molecule has 1 fully saturated rings. The molecule has 0 aromatic rings. The van der Waals surface area contributed by atoms with E-state index in [0.29, 0.717) is 0 Å². The molecule has 2 nitrogen and oxygen atoms in total. The molecule has 0 unspecified atom stereocenters. The molecule has 0 aliphatic heterocycles. The van der Waals surface area contributed by atoms with E-state index in [9.17, 15) is 0 Å². The highest BCUT2D eigenvalue weighted by molar-refractivity contribution is 4.74. The Morgan fingerprint density at radius 2 is 2.00 bits per heavy atom. The second-order valence-corrected chi connectivity index (χ2v) is 5.65. The predicted octanol–water partition coefficient (Wildman–Crippen LogP) is 2.13. The first-order valence-corrected chi connectivity index (χ1v) is 5.83. The Balaban J connectivity index is 2.11. The first-order valence-electron chi connectivity index (χ1n) is 5.83. The molecule has 0 radical (unpaired) electrons. The van der Waals surface area contributed by atoms with E-state index in [2.05, 4.69) is 25.8 Å². The van der Waals surface area contributed by atoms with Crippen LogP contribution < -0.4 is 0 Å². The van der Waals surface area contributed by atoms with E-state index in [-0.39, 0.29) is 12.0 Å². The minimum absolute atomic E-state index is 0.0500. The lowest BCUT2D eigenvalue weighted by molar-refractivity contribution is 0.109. The zero-order chi connectivity index (χ0) is 10.6. The van der Waals surface area contributed by atoms with Crippen molar-refractivity contribution in [2.24, 2.45) is 11.3 Å². The maximum Gasteiger partial charge on any atom is 0.0494 e. The van der Waals surface area contributed by atoms with E-state index in [0.717, 1.165) is 12.5 Å². The van der Waals surface area contributed by atoms with Gasteiger partial charge in [0.1, 0.15) is 0 Å². The number of aliphatic hydroxyl groups is 1. The largest absolute Gasteiger partial charge is 0.396 e. The number of aliphatic hydroxyl groups excluding tert-OH is 1. The van der Waals surface area contributed by atoms with Gasteiger partial charge in [0.15, 0.2) is 0 Å². The second kappa shape index (κ2) is 5.13. The van der Waals surface area contributed by atoms with Crippen LogP contribution in [0, 0.1) is 11.3 Å². The summed E-state index contributed by atoms with van der Waals surface area (Å²) >= 11 is 0. The summed E-state index contributed by atoms with van der Waals surface area (Å²) < 4.78 is 0. The van der Waals surface area contributed by atoms with Gasteiger partial charge in [-0.05, 0) is 25.9 Å². The Kier molecular flexibility index (Phi) is 4.39. The van der Waals surface area contributed by atoms with Crippen molar-refractivity contribution in [1.82, 2.24) is 4.90 Å². The van der Waals surface area contributed by atoms with Crippen LogP contribution >= 0.6 is 0 Å². The molecule has 2 heteroatoms. The van der Waals surface area contributed by atoms with Crippen LogP contribution in [0.25, 0.3) is 0 Å². The van der Waals surface area contributed by atoms with Crippen LogP contribution in [-0.4, -0.2) is 36.8 Å². The molecule has 0 heterocycles. The molecule has 0 atom stereocenters. The maximum atomic E-state index is 9.15. The monoisotopic (exact) mass is 199 g/mol. The molecule has 0 bridgehead atoms. The molecular weight excluding hydrogens is 174 g/mol. The third-order valence-corrected chi connectivity index (χ3v) is 3.27. The summed E-state index contributed by atoms with van der Waals surface area (Å²) in [6.45, 7) is 6.70. The summed E-state index contributed by atoms with van der Waals surface area (Å²) in [5.41, 5.74) is 0.0500. The zero-order valence-corrected chi connectivity index (χ0v) is 9.92. The van der Waals surface area contributed by atoms with Crippen LogP contribution in [0.5, 0.6) is 0 Å². The van der Waals surface area contributed by atoms with Gasteiger partial charge in [-0.1, -0.05) is 33.1 Å². The molecular formula is C12H25NO. The Labute approximate surface area is 88.3 Å². The van der Waals surface area contributed by atoms with Crippen molar-refractivity contribution in [3.63, 3.8) is 0 Å². The molecule has 14 heavy (non-hydrogen) atoms. The number of nitrogens with zero attached hydrogens (tertiary/aromatic N) is 1. The molecule has 1 aliphatic rings. The van der Waals surface area contributed by atoms with E-state index >= 15 is 0 Å². The summed E-state index contributed by atoms with van der Waals surface area (Å²) in [7, 11) is 2.16. The lowest BCUT2D eigenvalue weighted by Gasteiger charge is -2.31. The predicted molar refractivity (Wildman–Crippen MR) is 60.3 cm³/mol. The average Bonchev–Trinajstić information content (AvgIpc) is 2.00. The van der Waals surface area contributed by atoms with Gasteiger partial charge < -0.3 is 10.0 Å². The Bertz CT molecular complexity index is 164. The van der Waals surface area contributed by atoms with Crippen molar-refractivity contribution in [2.75, 3.05) is 26.7 Å². The molecule has 1 N–H and O–H groups in total. The molecule has 0 saturated heterocycles. The van der Waals surface area contributed by atoms with Crippen LogP contribution in [0.15, 0.2) is 0 Å². The van der Waals surface area contributed by atoms with Gasteiger partial charge in [0.2, 0.25) is 0 Å². The Morgan fingerprint density at radius 3 is 2.43 bits per heavy atom. The summed E-state index contributed by atoms with van der Waals surface area (Å²) in [5, 5.41) is 9.15. The van der Waals surface area contributed by atoms with Crippen molar-refractivity contribution in [1.29, 1.82) is 0 Å². The maximum absolute atomic E-state index is 9.15. The van der Waals surface area contributed by atoms with E-state index in [1.54, 1.807) is 0 Å². The second-order valence-electron chi connectivity index (χ2n) is 5.65. The fourth-order valence-electron chi connectivity index (χ4n) is 2.04. The molecule has 84 valence electrons. The third kappa shape index (κ3) is 3.97. The fourth-order valence-corrected chi connectivity index (χ4v) is 2.04. The highest BCUT2D eigenvalue weighted by Gasteiger charge is 2.21. The molecule has 0 amide bonds. The molecule has 0 aromatic heterocycles. The first-order chi connectivity index (χ1) is 6.53. The number of hydrogen-bond acceptors (Lipinski definition) is 2. The molecule has 1 aliphatic carbocycles. The number of hydrogen-bond donors (Lipinski definition) is 1. The SMILES string of the molecule is CN(CCC1CCC1)CC(C)(C)CO. The standard InChI is InChI=1S/C12H25NO/c1-12(2,10-14)9-13(3)8-7-11-5-4-6-11/h11,14H,4-10H2,1-3H3. The molecule has 0 spiro atoms. The van der Waals surface area contributed by atoms with E-state index < -0.39 is 0 Å². The van der Waals surface area contributed by atoms with E-state index in [4.69, 9.17) is 5.11 Å². The van der Waals surface area contributed by atoms with Gasteiger partial charge >= 0.3 is 0 Å². The van der Waals surface area contributed by atoms with Gasteiger partial charge in [0.05, 0.1) is 0 Å². The Hall–Kier alpha value is -0.0800. The highest BCUT2D eigenvalue weighted by atomic mass is 16.3. The van der Waals surface area contributed by atoms with Crippen LogP contribution in [0.3, 0.4) is 0 Å². The van der Waals surface area contributed by atoms with Crippen molar-refractivity contribution < 1.29 is 5.11 Å². The van der Waals surface area contributed by atoms with Gasteiger partial charge in [0, 0.05) is 18.6 Å². The van der Waals surface area contributed by atoms with E-state index in [1.165, 1.54) is 32.2 Å². The van der Waals surface area contributed by atoms with Crippen LogP contribution in [0.1, 0.15) is 39.5 Å². The number of rotatable bonds is 6. The quantitative estimate of drug-likeness (QED) is 0.708. The smallest absolute Gasteiger partial charge is 0.0494 e. The van der Waals surface area contributed by atoms with Gasteiger partial charge in [-0.15, -0.1) is 0 Å². The minimum atomic E-state index is 0.0500. The first kappa shape index (κ1) is 12.0. The molecule has 1 rings (SSSR count). The lowest BCUT2D eigenvalue weighted by Crippen LogP contribution is -2.35. The summed E-state index contributed by atoms with van der Waals surface area (Å²) in [4.78, 5) is 2.36. The lowest BCUT2D eigenvalue weighted by atomic mass is 9.83. The van der Waals surface area contributed by atoms with Gasteiger partial charge in [0.25, 0.3) is 0 Å². The van der Waals surface area contributed by atoms with Gasteiger partial charge in [-0.3, -0.25) is 0 Å². The van der Waals surface area contributed by atoms with Crippen molar-refractivity contribution in [3.05, 3.63) is 0 Å². The van der Waals surface area contributed by atoms with Gasteiger partial charge in [-0.25, -0.2) is 0 Å². The average molecular weight is 199 g/mol. The van der Waals surface area contributed by atoms with Crippen molar-refractivity contribution in [2.45, 2.75) is 39.5 Å². The van der Waals surface area contributed by atoms with Crippen LogP contribution in [0.2, 0.25) is 0 Å².